The molecule has 0 aromatic heterocycles. The van der Waals surface area contributed by atoms with Crippen molar-refractivity contribution in [2.75, 3.05) is 0 Å². The summed E-state index contributed by atoms with van der Waals surface area (Å²) in [5.74, 6) is 3.03. The molecule has 0 heteroatoms. The van der Waals surface area contributed by atoms with Crippen molar-refractivity contribution in [1.82, 2.24) is 0 Å². The fourth-order valence-corrected chi connectivity index (χ4v) is 4.29. The van der Waals surface area contributed by atoms with Crippen molar-refractivity contribution in [2.24, 2.45) is 28.6 Å². The molecule has 0 radical (unpaired) electrons. The molecule has 0 amide bonds. The lowest BCUT2D eigenvalue weighted by atomic mass is 9.74. The molecule has 0 nitrogen and oxygen atoms in total. The van der Waals surface area contributed by atoms with Crippen LogP contribution in [0.3, 0.4) is 0 Å². The summed E-state index contributed by atoms with van der Waals surface area (Å²) in [4.78, 5) is 0. The molecule has 0 aromatic rings. The van der Waals surface area contributed by atoms with Gasteiger partial charge in [0.25, 0.3) is 0 Å². The Kier molecular flexibility index (Phi) is 1.49. The lowest BCUT2D eigenvalue weighted by molar-refractivity contribution is 0.179. The Morgan fingerprint density at radius 3 is 2.17 bits per heavy atom. The molecule has 70 valence electrons. The first-order valence-corrected chi connectivity index (χ1v) is 5.53. The molecular formula is C12H22. The third-order valence-corrected chi connectivity index (χ3v) is 5.19. The van der Waals surface area contributed by atoms with E-state index in [1.165, 1.54) is 12.8 Å². The predicted octanol–water partition coefficient (Wildman–Crippen LogP) is 3.71. The normalized spacial score (nSPS) is 55.5. The molecule has 4 atom stereocenters. The molecule has 2 aliphatic rings. The van der Waals surface area contributed by atoms with Crippen molar-refractivity contribution in [1.29, 1.82) is 0 Å². The Hall–Kier alpha value is 0. The molecular weight excluding hydrogens is 144 g/mol. The molecule has 0 heterocycles. The summed E-state index contributed by atoms with van der Waals surface area (Å²) in [6.45, 7) is 12.1. The van der Waals surface area contributed by atoms with E-state index >= 15 is 0 Å². The molecule has 0 bridgehead atoms. The number of rotatable bonds is 3. The molecule has 0 aromatic carbocycles. The highest BCUT2D eigenvalue weighted by molar-refractivity contribution is 5.37. The molecule has 0 aliphatic heterocycles. The zero-order valence-corrected chi connectivity index (χ0v) is 9.15. The predicted molar refractivity (Wildman–Crippen MR) is 52.9 cm³/mol. The monoisotopic (exact) mass is 166 g/mol. The number of hydrogen-bond donors (Lipinski definition) is 0. The van der Waals surface area contributed by atoms with Gasteiger partial charge >= 0.3 is 0 Å². The Balaban J connectivity index is 2.10. The average Bonchev–Trinajstić information content (AvgIpc) is 2.77. The summed E-state index contributed by atoms with van der Waals surface area (Å²) >= 11 is 0. The molecule has 2 rings (SSSR count). The van der Waals surface area contributed by atoms with Crippen molar-refractivity contribution in [2.45, 2.75) is 47.5 Å². The minimum Gasteiger partial charge on any atom is -0.0654 e. The Morgan fingerprint density at radius 1 is 1.33 bits per heavy atom. The van der Waals surface area contributed by atoms with E-state index in [0.29, 0.717) is 0 Å². The smallest absolute Gasteiger partial charge is 0.0173 e. The van der Waals surface area contributed by atoms with Gasteiger partial charge in [0.2, 0.25) is 0 Å². The average molecular weight is 166 g/mol. The van der Waals surface area contributed by atoms with Gasteiger partial charge in [-0.2, -0.15) is 0 Å². The maximum atomic E-state index is 2.51. The first kappa shape index (κ1) is 8.59. The highest BCUT2D eigenvalue weighted by atomic mass is 14.9. The Morgan fingerprint density at radius 2 is 1.92 bits per heavy atom. The quantitative estimate of drug-likeness (QED) is 0.599. The lowest BCUT2D eigenvalue weighted by Gasteiger charge is -2.30. The van der Waals surface area contributed by atoms with E-state index in [1.807, 2.05) is 0 Å². The Labute approximate surface area is 76.7 Å². The molecule has 2 saturated carbocycles. The zero-order valence-electron chi connectivity index (χ0n) is 9.15. The van der Waals surface area contributed by atoms with E-state index in [2.05, 4.69) is 34.6 Å². The molecule has 2 aliphatic carbocycles. The molecule has 4 unspecified atom stereocenters. The van der Waals surface area contributed by atoms with Crippen LogP contribution in [0.2, 0.25) is 0 Å². The fourth-order valence-electron chi connectivity index (χ4n) is 4.29. The third-order valence-electron chi connectivity index (χ3n) is 5.19. The van der Waals surface area contributed by atoms with Gasteiger partial charge in [-0.15, -0.1) is 0 Å². The van der Waals surface area contributed by atoms with Crippen molar-refractivity contribution in [3.05, 3.63) is 0 Å². The van der Waals surface area contributed by atoms with Crippen LogP contribution >= 0.6 is 0 Å². The zero-order chi connectivity index (χ0) is 9.15. The van der Waals surface area contributed by atoms with Crippen LogP contribution in [-0.4, -0.2) is 0 Å². The van der Waals surface area contributed by atoms with Crippen LogP contribution < -0.4 is 0 Å². The molecule has 2 fully saturated rings. The Bertz CT molecular complexity index is 206. The second-order valence-electron chi connectivity index (χ2n) is 5.49. The van der Waals surface area contributed by atoms with Gasteiger partial charge in [0, 0.05) is 0 Å². The van der Waals surface area contributed by atoms with Gasteiger partial charge < -0.3 is 0 Å². The highest BCUT2D eigenvalue weighted by Crippen LogP contribution is 2.94. The van der Waals surface area contributed by atoms with E-state index in [4.69, 9.17) is 0 Å². The van der Waals surface area contributed by atoms with Crippen LogP contribution in [0, 0.1) is 28.6 Å². The fraction of sp³-hybridized carbons (Fsp3) is 1.00. The lowest BCUT2D eigenvalue weighted by Crippen LogP contribution is -2.24. The minimum atomic E-state index is 0.725. The van der Waals surface area contributed by atoms with Crippen LogP contribution in [-0.2, 0) is 0 Å². The first-order valence-electron chi connectivity index (χ1n) is 5.53. The number of hydrogen-bond acceptors (Lipinski definition) is 0. The molecule has 0 N–H and O–H groups in total. The molecule has 0 saturated heterocycles. The first-order chi connectivity index (χ1) is 5.53. The van der Waals surface area contributed by atoms with Crippen LogP contribution in [0.1, 0.15) is 47.5 Å². The van der Waals surface area contributed by atoms with Gasteiger partial charge in [-0.1, -0.05) is 41.0 Å². The summed E-state index contributed by atoms with van der Waals surface area (Å²) in [6, 6.07) is 0. The second kappa shape index (κ2) is 2.08. The van der Waals surface area contributed by atoms with E-state index in [9.17, 15) is 0 Å². The van der Waals surface area contributed by atoms with Crippen molar-refractivity contribution in [3.8, 4) is 0 Å². The number of fused-ring (bicyclic) bond motifs is 1. The maximum absolute atomic E-state index is 2.51. The van der Waals surface area contributed by atoms with E-state index in [0.717, 1.165) is 28.6 Å². The molecule has 0 spiro atoms. The second-order valence-corrected chi connectivity index (χ2v) is 5.49. The van der Waals surface area contributed by atoms with Gasteiger partial charge in [0.05, 0.1) is 0 Å². The summed E-state index contributed by atoms with van der Waals surface area (Å²) in [5, 5.41) is 0. The third kappa shape index (κ3) is 0.592. The van der Waals surface area contributed by atoms with Crippen LogP contribution in [0.15, 0.2) is 0 Å². The van der Waals surface area contributed by atoms with E-state index in [1.54, 1.807) is 0 Å². The summed E-state index contributed by atoms with van der Waals surface area (Å²) in [5.41, 5.74) is 1.53. The van der Waals surface area contributed by atoms with Crippen molar-refractivity contribution < 1.29 is 0 Å². The van der Waals surface area contributed by atoms with Crippen LogP contribution in [0.4, 0.5) is 0 Å². The van der Waals surface area contributed by atoms with Crippen LogP contribution in [0.25, 0.3) is 0 Å². The SMILES string of the molecule is CCCC12C(C)C1C2(C)C(C)C. The minimum absolute atomic E-state index is 0.725. The standard InChI is InChI=1S/C12H22/c1-6-7-12-9(4)10(12)11(12,5)8(2)3/h8-10H,6-7H2,1-5H3. The van der Waals surface area contributed by atoms with Gasteiger partial charge in [-0.3, -0.25) is 0 Å². The van der Waals surface area contributed by atoms with Crippen molar-refractivity contribution >= 4 is 0 Å². The maximum Gasteiger partial charge on any atom is -0.0173 e. The molecule has 12 heavy (non-hydrogen) atoms. The van der Waals surface area contributed by atoms with E-state index < -0.39 is 0 Å². The summed E-state index contributed by atoms with van der Waals surface area (Å²) in [6.07, 6.45) is 2.86. The van der Waals surface area contributed by atoms with Gasteiger partial charge in [0.15, 0.2) is 0 Å². The largest absolute Gasteiger partial charge is 0.0654 e. The van der Waals surface area contributed by atoms with Gasteiger partial charge in [-0.05, 0) is 35.0 Å². The van der Waals surface area contributed by atoms with Crippen LogP contribution in [0.5, 0.6) is 0 Å². The van der Waals surface area contributed by atoms with Gasteiger partial charge in [-0.25, -0.2) is 0 Å². The summed E-state index contributed by atoms with van der Waals surface area (Å²) in [7, 11) is 0. The van der Waals surface area contributed by atoms with E-state index in [-0.39, 0.29) is 0 Å². The topological polar surface area (TPSA) is 0 Å². The van der Waals surface area contributed by atoms with Gasteiger partial charge in [0.1, 0.15) is 0 Å². The van der Waals surface area contributed by atoms with Crippen molar-refractivity contribution in [3.63, 3.8) is 0 Å². The summed E-state index contributed by atoms with van der Waals surface area (Å²) < 4.78 is 0. The highest BCUT2D eigenvalue weighted by Gasteiger charge is 2.90.